The Bertz CT molecular complexity index is 547. The molecule has 2 aromatic rings. The van der Waals surface area contributed by atoms with E-state index in [0.29, 0.717) is 9.86 Å². The first-order valence-corrected chi connectivity index (χ1v) is 5.47. The molecule has 0 aliphatic rings. The van der Waals surface area contributed by atoms with Crippen LogP contribution in [-0.4, -0.2) is 12.6 Å². The molecule has 84 valence electrons. The second-order valence-corrected chi connectivity index (χ2v) is 3.97. The Balaban J connectivity index is 2.52. The molecule has 1 heterocycles. The highest BCUT2D eigenvalue weighted by atomic mass is 79.9. The first-order valence-electron chi connectivity index (χ1n) is 4.68. The van der Waals surface area contributed by atoms with Gasteiger partial charge < -0.3 is 9.15 Å². The standard InChI is InChI=1S/C11H8BrFO3/c1-2-15-11(14)8-5-6-3-4-7(12)9(13)10(6)16-8/h3-5H,2H2,1H3. The average Bonchev–Trinajstić information content (AvgIpc) is 2.69. The lowest BCUT2D eigenvalue weighted by molar-refractivity contribution is 0.0492. The summed E-state index contributed by atoms with van der Waals surface area (Å²) in [5, 5.41) is 0.531. The molecule has 0 bridgehead atoms. The number of hydrogen-bond donors (Lipinski definition) is 0. The monoisotopic (exact) mass is 286 g/mol. The molecule has 0 unspecified atom stereocenters. The van der Waals surface area contributed by atoms with Crippen LogP contribution < -0.4 is 0 Å². The zero-order valence-electron chi connectivity index (χ0n) is 8.42. The van der Waals surface area contributed by atoms with E-state index in [4.69, 9.17) is 9.15 Å². The van der Waals surface area contributed by atoms with E-state index in [1.807, 2.05) is 0 Å². The van der Waals surface area contributed by atoms with E-state index < -0.39 is 11.8 Å². The third-order valence-corrected chi connectivity index (χ3v) is 2.67. The molecule has 0 N–H and O–H groups in total. The molecule has 1 aromatic heterocycles. The lowest BCUT2D eigenvalue weighted by Gasteiger charge is -1.96. The maximum atomic E-state index is 13.6. The van der Waals surface area contributed by atoms with Crippen LogP contribution in [0.4, 0.5) is 4.39 Å². The average molecular weight is 287 g/mol. The van der Waals surface area contributed by atoms with Crippen LogP contribution in [0.2, 0.25) is 0 Å². The fourth-order valence-electron chi connectivity index (χ4n) is 1.35. The summed E-state index contributed by atoms with van der Waals surface area (Å²) in [6.45, 7) is 1.94. The van der Waals surface area contributed by atoms with Crippen molar-refractivity contribution in [3.05, 3.63) is 34.2 Å². The molecular formula is C11H8BrFO3. The minimum atomic E-state index is -0.589. The van der Waals surface area contributed by atoms with E-state index in [9.17, 15) is 9.18 Å². The van der Waals surface area contributed by atoms with Crippen LogP contribution in [0.5, 0.6) is 0 Å². The number of benzene rings is 1. The number of hydrogen-bond acceptors (Lipinski definition) is 3. The maximum Gasteiger partial charge on any atom is 0.374 e. The molecule has 0 aliphatic heterocycles. The summed E-state index contributed by atoms with van der Waals surface area (Å²) < 4.78 is 23.7. The number of rotatable bonds is 2. The van der Waals surface area contributed by atoms with Crippen LogP contribution in [0.1, 0.15) is 17.5 Å². The second kappa shape index (κ2) is 4.25. The number of carbonyl (C=O) groups excluding carboxylic acids is 1. The van der Waals surface area contributed by atoms with E-state index in [1.54, 1.807) is 19.1 Å². The summed E-state index contributed by atoms with van der Waals surface area (Å²) >= 11 is 3.04. The van der Waals surface area contributed by atoms with Gasteiger partial charge in [0.25, 0.3) is 0 Å². The summed E-state index contributed by atoms with van der Waals surface area (Å²) in [4.78, 5) is 11.4. The van der Waals surface area contributed by atoms with E-state index in [0.717, 1.165) is 0 Å². The van der Waals surface area contributed by atoms with Gasteiger partial charge in [0.1, 0.15) is 0 Å². The van der Waals surface area contributed by atoms with Gasteiger partial charge in [0, 0.05) is 5.39 Å². The highest BCUT2D eigenvalue weighted by Gasteiger charge is 2.16. The van der Waals surface area contributed by atoms with Crippen molar-refractivity contribution in [1.82, 2.24) is 0 Å². The highest BCUT2D eigenvalue weighted by Crippen LogP contribution is 2.27. The molecule has 16 heavy (non-hydrogen) atoms. The number of esters is 1. The first kappa shape index (κ1) is 11.1. The van der Waals surface area contributed by atoms with Crippen LogP contribution >= 0.6 is 15.9 Å². The molecule has 0 saturated carbocycles. The quantitative estimate of drug-likeness (QED) is 0.793. The van der Waals surface area contributed by atoms with Gasteiger partial charge in [0.05, 0.1) is 11.1 Å². The Morgan fingerprint density at radius 3 is 3.00 bits per heavy atom. The van der Waals surface area contributed by atoms with Gasteiger partial charge in [-0.3, -0.25) is 0 Å². The normalized spacial score (nSPS) is 10.7. The van der Waals surface area contributed by atoms with E-state index >= 15 is 0 Å². The maximum absolute atomic E-state index is 13.6. The number of ether oxygens (including phenoxy) is 1. The van der Waals surface area contributed by atoms with E-state index in [-0.39, 0.29) is 18.0 Å². The Morgan fingerprint density at radius 1 is 1.56 bits per heavy atom. The van der Waals surface area contributed by atoms with E-state index in [2.05, 4.69) is 15.9 Å². The molecule has 0 fully saturated rings. The zero-order chi connectivity index (χ0) is 11.7. The fourth-order valence-corrected chi connectivity index (χ4v) is 1.66. The van der Waals surface area contributed by atoms with E-state index in [1.165, 1.54) is 6.07 Å². The predicted molar refractivity (Wildman–Crippen MR) is 59.8 cm³/mol. The van der Waals surface area contributed by atoms with Gasteiger partial charge in [-0.15, -0.1) is 0 Å². The Morgan fingerprint density at radius 2 is 2.31 bits per heavy atom. The molecular weight excluding hydrogens is 279 g/mol. The van der Waals surface area contributed by atoms with Crippen LogP contribution in [0, 0.1) is 5.82 Å². The summed E-state index contributed by atoms with van der Waals surface area (Å²) in [5.41, 5.74) is 0.0532. The van der Waals surface area contributed by atoms with Crippen molar-refractivity contribution >= 4 is 32.9 Å². The third kappa shape index (κ3) is 1.82. The fraction of sp³-hybridized carbons (Fsp3) is 0.182. The number of halogens is 2. The van der Waals surface area contributed by atoms with Gasteiger partial charge in [-0.2, -0.15) is 0 Å². The molecule has 0 atom stereocenters. The lowest BCUT2D eigenvalue weighted by atomic mass is 10.2. The van der Waals surface area contributed by atoms with Crippen molar-refractivity contribution in [1.29, 1.82) is 0 Å². The summed E-state index contributed by atoms with van der Waals surface area (Å²) in [6, 6.07) is 4.68. The van der Waals surface area contributed by atoms with Gasteiger partial charge in [-0.1, -0.05) is 0 Å². The van der Waals surface area contributed by atoms with Crippen LogP contribution in [0.3, 0.4) is 0 Å². The van der Waals surface area contributed by atoms with Crippen molar-refractivity contribution in [3.63, 3.8) is 0 Å². The third-order valence-electron chi connectivity index (χ3n) is 2.06. The molecule has 0 spiro atoms. The minimum Gasteiger partial charge on any atom is -0.460 e. The summed E-state index contributed by atoms with van der Waals surface area (Å²) in [5.74, 6) is -1.10. The minimum absolute atomic E-state index is 0.00819. The van der Waals surface area contributed by atoms with Crippen LogP contribution in [0.15, 0.2) is 27.1 Å². The Labute approximate surface area is 99.3 Å². The van der Waals surface area contributed by atoms with Crippen molar-refractivity contribution in [2.45, 2.75) is 6.92 Å². The number of fused-ring (bicyclic) bond motifs is 1. The van der Waals surface area contributed by atoms with Crippen molar-refractivity contribution in [2.75, 3.05) is 6.61 Å². The van der Waals surface area contributed by atoms with Gasteiger partial charge in [0.15, 0.2) is 11.4 Å². The van der Waals surface area contributed by atoms with Gasteiger partial charge in [-0.25, -0.2) is 9.18 Å². The molecule has 0 saturated heterocycles. The summed E-state index contributed by atoms with van der Waals surface area (Å²) in [6.07, 6.45) is 0. The molecule has 0 radical (unpaired) electrons. The number of carbonyl (C=O) groups is 1. The highest BCUT2D eigenvalue weighted by molar-refractivity contribution is 9.10. The molecule has 0 aliphatic carbocycles. The number of furan rings is 1. The second-order valence-electron chi connectivity index (χ2n) is 3.11. The van der Waals surface area contributed by atoms with Gasteiger partial charge in [0.2, 0.25) is 5.76 Å². The molecule has 0 amide bonds. The van der Waals surface area contributed by atoms with Crippen LogP contribution in [0.25, 0.3) is 11.0 Å². The van der Waals surface area contributed by atoms with Crippen molar-refractivity contribution in [3.8, 4) is 0 Å². The first-order chi connectivity index (χ1) is 7.63. The summed E-state index contributed by atoms with van der Waals surface area (Å²) in [7, 11) is 0. The topological polar surface area (TPSA) is 39.4 Å². The smallest absolute Gasteiger partial charge is 0.374 e. The van der Waals surface area contributed by atoms with Gasteiger partial charge >= 0.3 is 5.97 Å². The zero-order valence-corrected chi connectivity index (χ0v) is 10.0. The lowest BCUT2D eigenvalue weighted by Crippen LogP contribution is -2.02. The Kier molecular flexibility index (Phi) is 2.96. The molecule has 3 nitrogen and oxygen atoms in total. The molecule has 5 heteroatoms. The predicted octanol–water partition coefficient (Wildman–Crippen LogP) is 3.51. The van der Waals surface area contributed by atoms with Gasteiger partial charge in [-0.05, 0) is 41.1 Å². The van der Waals surface area contributed by atoms with Crippen molar-refractivity contribution in [2.24, 2.45) is 0 Å². The largest absolute Gasteiger partial charge is 0.460 e. The Hall–Kier alpha value is -1.36. The molecule has 1 aromatic carbocycles. The molecule has 2 rings (SSSR count). The van der Waals surface area contributed by atoms with Crippen molar-refractivity contribution < 1.29 is 18.3 Å². The SMILES string of the molecule is CCOC(=O)c1cc2ccc(Br)c(F)c2o1. The van der Waals surface area contributed by atoms with Crippen LogP contribution in [-0.2, 0) is 4.74 Å².